The van der Waals surface area contributed by atoms with Gasteiger partial charge in [0.1, 0.15) is 19.0 Å². The molecule has 1 atom stereocenters. The summed E-state index contributed by atoms with van der Waals surface area (Å²) >= 11 is 3.46. The number of carbonyl (C=O) groups is 2. The number of amides is 1. The van der Waals surface area contributed by atoms with E-state index in [1.165, 1.54) is 4.90 Å². The standard InChI is InChI=1S/C23H23BrN2O5/c1-25(2)8-9-26-20(14-4-3-5-16(24)12-14)19(22(28)23(26)29)21(27)15-6-7-17-18(13-15)31-11-10-30-17/h3-7,12-13,20,27H,8-11H2,1-2H3/b21-19+/t20-/m1/s1. The summed E-state index contributed by atoms with van der Waals surface area (Å²) in [6, 6.07) is 11.7. The van der Waals surface area contributed by atoms with Gasteiger partial charge in [0.2, 0.25) is 0 Å². The number of likely N-dealkylation sites (N-methyl/N-ethyl adjacent to an activating group) is 1. The van der Waals surface area contributed by atoms with Crippen molar-refractivity contribution < 1.29 is 24.2 Å². The highest BCUT2D eigenvalue weighted by molar-refractivity contribution is 9.10. The van der Waals surface area contributed by atoms with Crippen LogP contribution in [0.4, 0.5) is 0 Å². The summed E-state index contributed by atoms with van der Waals surface area (Å²) in [7, 11) is 3.81. The fourth-order valence-electron chi connectivity index (χ4n) is 3.79. The van der Waals surface area contributed by atoms with Gasteiger partial charge in [-0.15, -0.1) is 0 Å². The van der Waals surface area contributed by atoms with Crippen molar-refractivity contribution in [3.05, 3.63) is 63.6 Å². The zero-order valence-electron chi connectivity index (χ0n) is 17.3. The van der Waals surface area contributed by atoms with E-state index in [4.69, 9.17) is 9.47 Å². The number of aliphatic hydroxyl groups excluding tert-OH is 1. The number of fused-ring (bicyclic) bond motifs is 1. The van der Waals surface area contributed by atoms with E-state index in [1.807, 2.05) is 43.3 Å². The van der Waals surface area contributed by atoms with E-state index in [-0.39, 0.29) is 11.3 Å². The van der Waals surface area contributed by atoms with Gasteiger partial charge in [0.05, 0.1) is 11.6 Å². The molecule has 7 nitrogen and oxygen atoms in total. The monoisotopic (exact) mass is 486 g/mol. The third-order valence-corrected chi connectivity index (χ3v) is 5.80. The van der Waals surface area contributed by atoms with Gasteiger partial charge in [-0.25, -0.2) is 0 Å². The Bertz CT molecular complexity index is 1070. The molecule has 2 aromatic carbocycles. The fraction of sp³-hybridized carbons (Fsp3) is 0.304. The van der Waals surface area contributed by atoms with Crippen molar-refractivity contribution in [2.75, 3.05) is 40.4 Å². The van der Waals surface area contributed by atoms with Crippen LogP contribution in [-0.4, -0.2) is 67.0 Å². The van der Waals surface area contributed by atoms with E-state index < -0.39 is 17.7 Å². The van der Waals surface area contributed by atoms with Gasteiger partial charge < -0.3 is 24.4 Å². The van der Waals surface area contributed by atoms with Gasteiger partial charge in [0.25, 0.3) is 11.7 Å². The van der Waals surface area contributed by atoms with Crippen LogP contribution >= 0.6 is 15.9 Å². The SMILES string of the molecule is CN(C)CCN1C(=O)C(=O)/C(=C(/O)c2ccc3c(c2)OCCO3)[C@H]1c1cccc(Br)c1. The number of ketones is 1. The molecule has 4 rings (SSSR count). The highest BCUT2D eigenvalue weighted by Gasteiger charge is 2.46. The number of hydrogen-bond acceptors (Lipinski definition) is 6. The molecule has 2 aliphatic heterocycles. The van der Waals surface area contributed by atoms with E-state index in [1.54, 1.807) is 18.2 Å². The van der Waals surface area contributed by atoms with Gasteiger partial charge in [-0.3, -0.25) is 9.59 Å². The summed E-state index contributed by atoms with van der Waals surface area (Å²) in [5, 5.41) is 11.2. The van der Waals surface area contributed by atoms with Crippen LogP contribution in [0, 0.1) is 0 Å². The average molecular weight is 487 g/mol. The molecular weight excluding hydrogens is 464 g/mol. The summed E-state index contributed by atoms with van der Waals surface area (Å²) in [4.78, 5) is 29.4. The Morgan fingerprint density at radius 2 is 1.87 bits per heavy atom. The van der Waals surface area contributed by atoms with Crippen LogP contribution in [0.1, 0.15) is 17.2 Å². The third-order valence-electron chi connectivity index (χ3n) is 5.31. The van der Waals surface area contributed by atoms with E-state index in [0.29, 0.717) is 43.4 Å². The number of rotatable bonds is 5. The number of nitrogens with zero attached hydrogens (tertiary/aromatic N) is 2. The number of ether oxygens (including phenoxy) is 2. The van der Waals surface area contributed by atoms with Gasteiger partial charge in [0.15, 0.2) is 11.5 Å². The maximum Gasteiger partial charge on any atom is 0.295 e. The molecule has 1 fully saturated rings. The van der Waals surface area contributed by atoms with Crippen LogP contribution in [0.2, 0.25) is 0 Å². The minimum absolute atomic E-state index is 0.0681. The lowest BCUT2D eigenvalue weighted by Gasteiger charge is -2.26. The number of hydrogen-bond donors (Lipinski definition) is 1. The molecule has 0 radical (unpaired) electrons. The number of benzene rings is 2. The first kappa shape index (κ1) is 21.4. The number of halogens is 1. The van der Waals surface area contributed by atoms with Gasteiger partial charge in [-0.2, -0.15) is 0 Å². The smallest absolute Gasteiger partial charge is 0.295 e. The second-order valence-electron chi connectivity index (χ2n) is 7.71. The maximum atomic E-state index is 13.0. The summed E-state index contributed by atoms with van der Waals surface area (Å²) in [5.41, 5.74) is 1.21. The molecule has 31 heavy (non-hydrogen) atoms. The number of aliphatic hydroxyl groups is 1. The van der Waals surface area contributed by atoms with E-state index in [9.17, 15) is 14.7 Å². The lowest BCUT2D eigenvalue weighted by atomic mass is 9.95. The molecule has 1 saturated heterocycles. The van der Waals surface area contributed by atoms with Gasteiger partial charge >= 0.3 is 0 Å². The first-order valence-corrected chi connectivity index (χ1v) is 10.7. The lowest BCUT2D eigenvalue weighted by molar-refractivity contribution is -0.140. The number of likely N-dealkylation sites (tertiary alicyclic amines) is 1. The summed E-state index contributed by atoms with van der Waals surface area (Å²) in [6.07, 6.45) is 0. The molecule has 0 spiro atoms. The zero-order chi connectivity index (χ0) is 22.1. The Kier molecular flexibility index (Phi) is 6.02. The van der Waals surface area contributed by atoms with Gasteiger partial charge in [0, 0.05) is 23.1 Å². The summed E-state index contributed by atoms with van der Waals surface area (Å²) < 4.78 is 12.0. The molecule has 0 unspecified atom stereocenters. The Morgan fingerprint density at radius 1 is 1.13 bits per heavy atom. The molecule has 8 heteroatoms. The Morgan fingerprint density at radius 3 is 2.58 bits per heavy atom. The molecule has 2 heterocycles. The van der Waals surface area contributed by atoms with E-state index in [2.05, 4.69) is 15.9 Å². The van der Waals surface area contributed by atoms with Crippen LogP contribution in [0.25, 0.3) is 5.76 Å². The zero-order valence-corrected chi connectivity index (χ0v) is 18.9. The molecule has 162 valence electrons. The first-order chi connectivity index (χ1) is 14.9. The van der Waals surface area contributed by atoms with Crippen molar-refractivity contribution in [3.8, 4) is 11.5 Å². The molecule has 1 amide bonds. The molecule has 2 aromatic rings. The van der Waals surface area contributed by atoms with Crippen LogP contribution in [0.5, 0.6) is 11.5 Å². The largest absolute Gasteiger partial charge is 0.507 e. The normalized spacial score (nSPS) is 19.9. The number of Topliss-reactive ketones (excluding diaryl/α,β-unsaturated/α-hetero) is 1. The predicted molar refractivity (Wildman–Crippen MR) is 119 cm³/mol. The van der Waals surface area contributed by atoms with Crippen LogP contribution < -0.4 is 9.47 Å². The minimum Gasteiger partial charge on any atom is -0.507 e. The van der Waals surface area contributed by atoms with Crippen molar-refractivity contribution >= 4 is 33.4 Å². The summed E-state index contributed by atoms with van der Waals surface area (Å²) in [5.74, 6) is -0.469. The average Bonchev–Trinajstić information content (AvgIpc) is 3.01. The predicted octanol–water partition coefficient (Wildman–Crippen LogP) is 3.20. The Balaban J connectivity index is 1.83. The van der Waals surface area contributed by atoms with Gasteiger partial charge in [-0.1, -0.05) is 28.1 Å². The first-order valence-electron chi connectivity index (χ1n) is 9.95. The third kappa shape index (κ3) is 4.18. The van der Waals surface area contributed by atoms with Crippen molar-refractivity contribution in [1.82, 2.24) is 9.80 Å². The van der Waals surface area contributed by atoms with Crippen LogP contribution in [0.15, 0.2) is 52.5 Å². The fourth-order valence-corrected chi connectivity index (χ4v) is 4.20. The second kappa shape index (κ2) is 8.72. The molecule has 0 bridgehead atoms. The molecule has 2 aliphatic rings. The van der Waals surface area contributed by atoms with Crippen molar-refractivity contribution in [3.63, 3.8) is 0 Å². The highest BCUT2D eigenvalue weighted by atomic mass is 79.9. The van der Waals surface area contributed by atoms with Crippen molar-refractivity contribution in [2.45, 2.75) is 6.04 Å². The van der Waals surface area contributed by atoms with Crippen LogP contribution in [-0.2, 0) is 9.59 Å². The molecular formula is C23H23BrN2O5. The summed E-state index contributed by atoms with van der Waals surface area (Å²) in [6.45, 7) is 1.80. The molecule has 0 aliphatic carbocycles. The quantitative estimate of drug-likeness (QED) is 0.397. The molecule has 0 saturated carbocycles. The van der Waals surface area contributed by atoms with Gasteiger partial charge in [-0.05, 0) is 50.0 Å². The Hall–Kier alpha value is -2.84. The minimum atomic E-state index is -0.698. The molecule has 1 N–H and O–H groups in total. The van der Waals surface area contributed by atoms with Crippen LogP contribution in [0.3, 0.4) is 0 Å². The van der Waals surface area contributed by atoms with E-state index >= 15 is 0 Å². The molecule has 0 aromatic heterocycles. The highest BCUT2D eigenvalue weighted by Crippen LogP contribution is 2.41. The maximum absolute atomic E-state index is 13.0. The topological polar surface area (TPSA) is 79.3 Å². The van der Waals surface area contributed by atoms with Crippen molar-refractivity contribution in [2.24, 2.45) is 0 Å². The second-order valence-corrected chi connectivity index (χ2v) is 8.62. The van der Waals surface area contributed by atoms with Crippen molar-refractivity contribution in [1.29, 1.82) is 0 Å². The lowest BCUT2D eigenvalue weighted by Crippen LogP contribution is -2.35. The Labute approximate surface area is 189 Å². The van der Waals surface area contributed by atoms with E-state index in [0.717, 1.165) is 10.0 Å². The number of carbonyl (C=O) groups excluding carboxylic acids is 2.